The van der Waals surface area contributed by atoms with E-state index >= 15 is 0 Å². The fourth-order valence-electron chi connectivity index (χ4n) is 2.12. The molecule has 1 atom stereocenters. The Balaban J connectivity index is 2.17. The zero-order valence-corrected chi connectivity index (χ0v) is 14.0. The molecule has 8 heteroatoms. The van der Waals surface area contributed by atoms with Gasteiger partial charge < -0.3 is 10.4 Å². The number of aliphatic carboxylic acids is 1. The van der Waals surface area contributed by atoms with Crippen molar-refractivity contribution in [2.75, 3.05) is 0 Å². The van der Waals surface area contributed by atoms with Gasteiger partial charge in [-0.15, -0.1) is 0 Å². The number of benzene rings is 1. The lowest BCUT2D eigenvalue weighted by Gasteiger charge is -2.15. The normalized spacial score (nSPS) is 12.0. The van der Waals surface area contributed by atoms with Crippen molar-refractivity contribution >= 4 is 35.1 Å². The van der Waals surface area contributed by atoms with Crippen LogP contribution in [0.4, 0.5) is 0 Å². The summed E-state index contributed by atoms with van der Waals surface area (Å²) in [6, 6.07) is 3.69. The Labute approximate surface area is 143 Å². The van der Waals surface area contributed by atoms with Gasteiger partial charge in [-0.3, -0.25) is 9.48 Å². The van der Waals surface area contributed by atoms with Crippen LogP contribution in [0.15, 0.2) is 24.4 Å². The highest BCUT2D eigenvalue weighted by Crippen LogP contribution is 2.20. The van der Waals surface area contributed by atoms with E-state index in [-0.39, 0.29) is 6.42 Å². The molecule has 0 fully saturated rings. The third kappa shape index (κ3) is 4.24. The van der Waals surface area contributed by atoms with Gasteiger partial charge in [-0.25, -0.2) is 4.79 Å². The summed E-state index contributed by atoms with van der Waals surface area (Å²) in [6.45, 7) is 1.73. The number of halogens is 2. The second kappa shape index (κ2) is 7.02. The summed E-state index contributed by atoms with van der Waals surface area (Å²) in [6.07, 6.45) is 1.47. The van der Waals surface area contributed by atoms with Crippen LogP contribution in [0, 0.1) is 6.92 Å². The fourth-order valence-corrected chi connectivity index (χ4v) is 2.69. The standard InChI is InChI=1S/C15H15Cl2N3O3/c1-8-12(7-18-20(8)2)14(21)19-13(15(22)23)5-9-3-10(16)6-11(17)4-9/h3-4,6-7,13H,5H2,1-2H3,(H,19,21)(H,22,23). The van der Waals surface area contributed by atoms with Crippen molar-refractivity contribution in [2.24, 2.45) is 7.05 Å². The second-order valence-corrected chi connectivity index (χ2v) is 5.99. The number of aryl methyl sites for hydroxylation is 1. The molecule has 23 heavy (non-hydrogen) atoms. The van der Waals surface area contributed by atoms with Crippen molar-refractivity contribution in [3.05, 3.63) is 51.3 Å². The number of nitrogens with one attached hydrogen (secondary N) is 1. The molecule has 6 nitrogen and oxygen atoms in total. The summed E-state index contributed by atoms with van der Waals surface area (Å²) in [5, 5.41) is 16.6. The van der Waals surface area contributed by atoms with Gasteiger partial charge in [0.2, 0.25) is 0 Å². The van der Waals surface area contributed by atoms with E-state index in [9.17, 15) is 14.7 Å². The first-order valence-electron chi connectivity index (χ1n) is 6.75. The monoisotopic (exact) mass is 355 g/mol. The SMILES string of the molecule is Cc1c(C(=O)NC(Cc2cc(Cl)cc(Cl)c2)C(=O)O)cnn1C. The second-order valence-electron chi connectivity index (χ2n) is 5.11. The van der Waals surface area contributed by atoms with E-state index in [0.717, 1.165) is 0 Å². The zero-order valence-electron chi connectivity index (χ0n) is 12.5. The van der Waals surface area contributed by atoms with Gasteiger partial charge in [-0.1, -0.05) is 23.2 Å². The molecule has 2 aromatic rings. The molecule has 1 amide bonds. The number of carboxylic acid groups (broad SMARTS) is 1. The lowest BCUT2D eigenvalue weighted by molar-refractivity contribution is -0.139. The van der Waals surface area contributed by atoms with Crippen LogP contribution in [-0.2, 0) is 18.3 Å². The summed E-state index contributed by atoms with van der Waals surface area (Å²) in [7, 11) is 1.70. The van der Waals surface area contributed by atoms with Gasteiger partial charge in [0.05, 0.1) is 11.8 Å². The van der Waals surface area contributed by atoms with Gasteiger partial charge in [-0.05, 0) is 30.7 Å². The van der Waals surface area contributed by atoms with Gasteiger partial charge in [0.25, 0.3) is 5.91 Å². The Morgan fingerprint density at radius 3 is 2.39 bits per heavy atom. The van der Waals surface area contributed by atoms with Gasteiger partial charge in [0, 0.05) is 29.2 Å². The summed E-state index contributed by atoms with van der Waals surface area (Å²) in [5.74, 6) is -1.63. The lowest BCUT2D eigenvalue weighted by atomic mass is 10.1. The molecule has 2 rings (SSSR count). The summed E-state index contributed by atoms with van der Waals surface area (Å²) in [5.41, 5.74) is 1.61. The summed E-state index contributed by atoms with van der Waals surface area (Å²) in [4.78, 5) is 23.7. The van der Waals surface area contributed by atoms with Gasteiger partial charge in [0.1, 0.15) is 6.04 Å². The van der Waals surface area contributed by atoms with Crippen molar-refractivity contribution in [3.8, 4) is 0 Å². The van der Waals surface area contributed by atoms with Crippen LogP contribution in [0.5, 0.6) is 0 Å². The Morgan fingerprint density at radius 1 is 1.30 bits per heavy atom. The first-order valence-corrected chi connectivity index (χ1v) is 7.50. The van der Waals surface area contributed by atoms with E-state index < -0.39 is 17.9 Å². The molecule has 0 aliphatic heterocycles. The smallest absolute Gasteiger partial charge is 0.326 e. The lowest BCUT2D eigenvalue weighted by Crippen LogP contribution is -2.42. The highest BCUT2D eigenvalue weighted by Gasteiger charge is 2.23. The molecule has 1 heterocycles. The minimum atomic E-state index is -1.14. The molecule has 1 aromatic carbocycles. The highest BCUT2D eigenvalue weighted by molar-refractivity contribution is 6.34. The molecule has 0 bridgehead atoms. The largest absolute Gasteiger partial charge is 0.480 e. The molecule has 0 spiro atoms. The molecule has 1 aromatic heterocycles. The predicted octanol–water partition coefficient (Wildman–Crippen LogP) is 2.46. The van der Waals surface area contributed by atoms with Crippen LogP contribution in [0.2, 0.25) is 10.0 Å². The topological polar surface area (TPSA) is 84.2 Å². The zero-order chi connectivity index (χ0) is 17.1. The number of amides is 1. The van der Waals surface area contributed by atoms with E-state index in [4.69, 9.17) is 23.2 Å². The van der Waals surface area contributed by atoms with E-state index in [1.54, 1.807) is 36.9 Å². The van der Waals surface area contributed by atoms with Crippen LogP contribution < -0.4 is 5.32 Å². The molecule has 0 saturated heterocycles. The first kappa shape index (κ1) is 17.3. The number of aromatic nitrogens is 2. The molecule has 0 aliphatic carbocycles. The fraction of sp³-hybridized carbons (Fsp3) is 0.267. The number of nitrogens with zero attached hydrogens (tertiary/aromatic N) is 2. The number of carbonyl (C=O) groups excluding carboxylic acids is 1. The van der Waals surface area contributed by atoms with E-state index in [1.807, 2.05) is 0 Å². The maximum Gasteiger partial charge on any atom is 0.326 e. The highest BCUT2D eigenvalue weighted by atomic mass is 35.5. The summed E-state index contributed by atoms with van der Waals surface area (Å²) >= 11 is 11.8. The maximum absolute atomic E-state index is 12.2. The van der Waals surface area contributed by atoms with E-state index in [2.05, 4.69) is 10.4 Å². The number of carbonyl (C=O) groups is 2. The van der Waals surface area contributed by atoms with Crippen LogP contribution in [0.3, 0.4) is 0 Å². The van der Waals surface area contributed by atoms with Crippen LogP contribution >= 0.6 is 23.2 Å². The van der Waals surface area contributed by atoms with Gasteiger partial charge >= 0.3 is 5.97 Å². The predicted molar refractivity (Wildman–Crippen MR) is 87.0 cm³/mol. The Morgan fingerprint density at radius 2 is 1.91 bits per heavy atom. The third-order valence-electron chi connectivity index (χ3n) is 3.45. The molecular formula is C15H15Cl2N3O3. The minimum absolute atomic E-state index is 0.0701. The Bertz CT molecular complexity index is 738. The molecule has 0 aliphatic rings. The average Bonchev–Trinajstić information content (AvgIpc) is 2.77. The van der Waals surface area contributed by atoms with Crippen LogP contribution in [0.25, 0.3) is 0 Å². The minimum Gasteiger partial charge on any atom is -0.480 e. The Kier molecular flexibility index (Phi) is 5.28. The van der Waals surface area contributed by atoms with Crippen molar-refractivity contribution in [3.63, 3.8) is 0 Å². The molecule has 0 radical (unpaired) electrons. The third-order valence-corrected chi connectivity index (χ3v) is 3.88. The van der Waals surface area contributed by atoms with Gasteiger partial charge in [0.15, 0.2) is 0 Å². The molecular weight excluding hydrogens is 341 g/mol. The maximum atomic E-state index is 12.2. The van der Waals surface area contributed by atoms with Crippen molar-refractivity contribution in [2.45, 2.75) is 19.4 Å². The number of hydrogen-bond donors (Lipinski definition) is 2. The van der Waals surface area contributed by atoms with Crippen molar-refractivity contribution in [1.29, 1.82) is 0 Å². The average molecular weight is 356 g/mol. The first-order chi connectivity index (χ1) is 10.8. The van der Waals surface area contributed by atoms with Crippen molar-refractivity contribution < 1.29 is 14.7 Å². The molecule has 122 valence electrons. The number of carboxylic acids is 1. The Hall–Kier alpha value is -2.05. The van der Waals surface area contributed by atoms with Crippen LogP contribution in [-0.4, -0.2) is 32.8 Å². The van der Waals surface area contributed by atoms with Crippen molar-refractivity contribution in [1.82, 2.24) is 15.1 Å². The quantitative estimate of drug-likeness (QED) is 0.862. The number of rotatable bonds is 5. The number of hydrogen-bond acceptors (Lipinski definition) is 3. The van der Waals surface area contributed by atoms with Gasteiger partial charge in [-0.2, -0.15) is 5.10 Å². The molecule has 1 unspecified atom stereocenters. The van der Waals surface area contributed by atoms with E-state index in [0.29, 0.717) is 26.9 Å². The molecule has 2 N–H and O–H groups in total. The summed E-state index contributed by atoms with van der Waals surface area (Å²) < 4.78 is 1.54. The molecule has 0 saturated carbocycles. The van der Waals surface area contributed by atoms with Crippen LogP contribution in [0.1, 0.15) is 21.6 Å². The van der Waals surface area contributed by atoms with E-state index in [1.165, 1.54) is 6.20 Å².